The SMILES string of the molecule is CC(Sc1ccc(NC(=O)/C(=C/c2cccc3ccccc23)NC(=O)c2ccccc2)cc1)C(=O)Nc1ccc(Cl)c(C(=O)O)c1. The smallest absolute Gasteiger partial charge is 0.337 e. The van der Waals surface area contributed by atoms with E-state index in [1.807, 2.05) is 48.5 Å². The van der Waals surface area contributed by atoms with Crippen molar-refractivity contribution in [3.63, 3.8) is 0 Å². The number of carboxylic acid groups (broad SMARTS) is 1. The van der Waals surface area contributed by atoms with Crippen molar-refractivity contribution < 1.29 is 24.3 Å². The Morgan fingerprint density at radius 3 is 2.20 bits per heavy atom. The van der Waals surface area contributed by atoms with Crippen molar-refractivity contribution in [2.45, 2.75) is 17.1 Å². The molecule has 0 bridgehead atoms. The Morgan fingerprint density at radius 2 is 1.46 bits per heavy atom. The van der Waals surface area contributed by atoms with Crippen molar-refractivity contribution in [2.75, 3.05) is 10.6 Å². The quantitative estimate of drug-likeness (QED) is 0.0907. The normalized spacial score (nSPS) is 11.8. The summed E-state index contributed by atoms with van der Waals surface area (Å²) in [4.78, 5) is 51.5. The Balaban J connectivity index is 1.29. The van der Waals surface area contributed by atoms with Gasteiger partial charge in [-0.25, -0.2) is 4.79 Å². The zero-order chi connectivity index (χ0) is 32.6. The first-order chi connectivity index (χ1) is 22.2. The molecule has 0 fully saturated rings. The third-order valence-electron chi connectivity index (χ3n) is 6.91. The fraction of sp³-hybridized carbons (Fsp3) is 0.0556. The maximum Gasteiger partial charge on any atom is 0.337 e. The molecule has 10 heteroatoms. The molecule has 1 unspecified atom stereocenters. The van der Waals surface area contributed by atoms with Gasteiger partial charge in [-0.2, -0.15) is 0 Å². The largest absolute Gasteiger partial charge is 0.478 e. The topological polar surface area (TPSA) is 125 Å². The first-order valence-electron chi connectivity index (χ1n) is 14.2. The van der Waals surface area contributed by atoms with Gasteiger partial charge in [0.15, 0.2) is 0 Å². The van der Waals surface area contributed by atoms with Gasteiger partial charge in [-0.15, -0.1) is 11.8 Å². The van der Waals surface area contributed by atoms with E-state index in [-0.39, 0.29) is 22.2 Å². The van der Waals surface area contributed by atoms with Crippen LogP contribution in [-0.4, -0.2) is 34.0 Å². The van der Waals surface area contributed by atoms with Crippen molar-refractivity contribution in [3.8, 4) is 0 Å². The van der Waals surface area contributed by atoms with Gasteiger partial charge in [-0.1, -0.05) is 72.3 Å². The number of nitrogens with one attached hydrogen (secondary N) is 3. The van der Waals surface area contributed by atoms with E-state index >= 15 is 0 Å². The van der Waals surface area contributed by atoms with Gasteiger partial charge in [-0.05, 0) is 83.9 Å². The molecule has 5 rings (SSSR count). The van der Waals surface area contributed by atoms with Gasteiger partial charge in [-0.3, -0.25) is 14.4 Å². The molecule has 46 heavy (non-hydrogen) atoms. The molecule has 4 N–H and O–H groups in total. The molecular weight excluding hydrogens is 622 g/mol. The highest BCUT2D eigenvalue weighted by molar-refractivity contribution is 8.00. The van der Waals surface area contributed by atoms with Crippen LogP contribution in [0.15, 0.2) is 126 Å². The molecule has 0 spiro atoms. The summed E-state index contributed by atoms with van der Waals surface area (Å²) in [5.41, 5.74) is 1.97. The Labute approximate surface area is 274 Å². The standard InChI is InChI=1S/C36H28ClN3O5S/c1-22(33(41)39-27-16-19-31(37)30(21-27)36(44)45)46-28-17-14-26(15-18-28)38-35(43)32(40-34(42)24-9-3-2-4-10-24)20-25-12-7-11-23-8-5-6-13-29(23)25/h2-22H,1H3,(H,38,43)(H,39,41)(H,40,42)(H,44,45)/b32-20-. The van der Waals surface area contributed by atoms with Crippen molar-refractivity contribution in [1.29, 1.82) is 0 Å². The van der Waals surface area contributed by atoms with Crippen molar-refractivity contribution in [1.82, 2.24) is 5.32 Å². The lowest BCUT2D eigenvalue weighted by Gasteiger charge is -2.14. The molecule has 5 aromatic rings. The van der Waals surface area contributed by atoms with E-state index in [0.29, 0.717) is 16.9 Å². The fourth-order valence-electron chi connectivity index (χ4n) is 4.56. The van der Waals surface area contributed by atoms with Crippen LogP contribution in [0.5, 0.6) is 0 Å². The van der Waals surface area contributed by atoms with Gasteiger partial charge in [0.05, 0.1) is 15.8 Å². The number of carboxylic acids is 1. The van der Waals surface area contributed by atoms with E-state index in [1.54, 1.807) is 61.5 Å². The van der Waals surface area contributed by atoms with Crippen molar-refractivity contribution in [2.24, 2.45) is 0 Å². The summed E-state index contributed by atoms with van der Waals surface area (Å²) in [7, 11) is 0. The first-order valence-corrected chi connectivity index (χ1v) is 15.4. The van der Waals surface area contributed by atoms with E-state index < -0.39 is 23.0 Å². The second-order valence-electron chi connectivity index (χ2n) is 10.2. The number of carbonyl (C=O) groups excluding carboxylic acids is 3. The monoisotopic (exact) mass is 649 g/mol. The lowest BCUT2D eigenvalue weighted by Crippen LogP contribution is -2.30. The second-order valence-corrected chi connectivity index (χ2v) is 12.0. The van der Waals surface area contributed by atoms with Gasteiger partial charge >= 0.3 is 5.97 Å². The highest BCUT2D eigenvalue weighted by Crippen LogP contribution is 2.27. The zero-order valence-electron chi connectivity index (χ0n) is 24.5. The molecule has 0 aliphatic heterocycles. The molecule has 3 amide bonds. The number of fused-ring (bicyclic) bond motifs is 1. The van der Waals surface area contributed by atoms with Gasteiger partial charge in [0, 0.05) is 21.8 Å². The highest BCUT2D eigenvalue weighted by Gasteiger charge is 2.18. The molecule has 0 saturated carbocycles. The summed E-state index contributed by atoms with van der Waals surface area (Å²) in [6.45, 7) is 1.73. The van der Waals surface area contributed by atoms with Crippen LogP contribution >= 0.6 is 23.4 Å². The summed E-state index contributed by atoms with van der Waals surface area (Å²) in [5.74, 6) is -2.43. The summed E-state index contributed by atoms with van der Waals surface area (Å²) < 4.78 is 0. The zero-order valence-corrected chi connectivity index (χ0v) is 26.1. The van der Waals surface area contributed by atoms with Gasteiger partial charge in [0.1, 0.15) is 5.70 Å². The molecule has 5 aromatic carbocycles. The van der Waals surface area contributed by atoms with E-state index in [4.69, 9.17) is 11.6 Å². The summed E-state index contributed by atoms with van der Waals surface area (Å²) in [6, 6.07) is 33.4. The Bertz CT molecular complexity index is 1960. The highest BCUT2D eigenvalue weighted by atomic mass is 35.5. The third-order valence-corrected chi connectivity index (χ3v) is 8.35. The second kappa shape index (κ2) is 14.6. The molecule has 8 nitrogen and oxygen atoms in total. The van der Waals surface area contributed by atoms with Crippen molar-refractivity contribution in [3.05, 3.63) is 143 Å². The summed E-state index contributed by atoms with van der Waals surface area (Å²) in [6.07, 6.45) is 1.66. The number of amides is 3. The predicted octanol–water partition coefficient (Wildman–Crippen LogP) is 7.72. The number of halogens is 1. The number of aromatic carboxylic acids is 1. The van der Waals surface area contributed by atoms with Crippen LogP contribution in [0.2, 0.25) is 5.02 Å². The number of hydrogen-bond donors (Lipinski definition) is 4. The minimum absolute atomic E-state index is 0.0715. The minimum Gasteiger partial charge on any atom is -0.478 e. The van der Waals surface area contributed by atoms with Crippen LogP contribution in [0.3, 0.4) is 0 Å². The maximum absolute atomic E-state index is 13.5. The molecule has 0 radical (unpaired) electrons. The van der Waals surface area contributed by atoms with E-state index in [1.165, 1.54) is 30.0 Å². The lowest BCUT2D eigenvalue weighted by atomic mass is 10.0. The van der Waals surface area contributed by atoms with E-state index in [9.17, 15) is 24.3 Å². The molecule has 0 saturated heterocycles. The minimum atomic E-state index is -1.19. The van der Waals surface area contributed by atoms with Crippen LogP contribution < -0.4 is 16.0 Å². The third kappa shape index (κ3) is 8.01. The van der Waals surface area contributed by atoms with Crippen LogP contribution in [0.4, 0.5) is 11.4 Å². The Kier molecular flexibility index (Phi) is 10.2. The number of rotatable bonds is 10. The van der Waals surface area contributed by atoms with Crippen LogP contribution in [0.1, 0.15) is 33.2 Å². The molecule has 0 aromatic heterocycles. The summed E-state index contributed by atoms with van der Waals surface area (Å²) >= 11 is 7.21. The number of benzene rings is 5. The first kappa shape index (κ1) is 32.0. The number of thioether (sulfide) groups is 1. The average Bonchev–Trinajstić information content (AvgIpc) is 3.06. The summed E-state index contributed by atoms with van der Waals surface area (Å²) in [5, 5.41) is 19.1. The van der Waals surface area contributed by atoms with Crippen molar-refractivity contribution >= 4 is 75.3 Å². The van der Waals surface area contributed by atoms with Crippen LogP contribution in [0.25, 0.3) is 16.8 Å². The van der Waals surface area contributed by atoms with Crippen LogP contribution in [-0.2, 0) is 9.59 Å². The molecule has 0 aliphatic carbocycles. The molecule has 1 atom stereocenters. The molecule has 0 heterocycles. The molecule has 230 valence electrons. The Hall–Kier alpha value is -5.38. The van der Waals surface area contributed by atoms with Gasteiger partial charge < -0.3 is 21.1 Å². The lowest BCUT2D eigenvalue weighted by molar-refractivity contribution is -0.115. The van der Waals surface area contributed by atoms with Gasteiger partial charge in [0.2, 0.25) is 5.91 Å². The molecular formula is C36H28ClN3O5S. The number of hydrogen-bond acceptors (Lipinski definition) is 5. The maximum atomic E-state index is 13.5. The molecule has 0 aliphatic rings. The van der Waals surface area contributed by atoms with Gasteiger partial charge in [0.25, 0.3) is 11.8 Å². The van der Waals surface area contributed by atoms with E-state index in [0.717, 1.165) is 21.2 Å². The Morgan fingerprint density at radius 1 is 0.783 bits per heavy atom. The van der Waals surface area contributed by atoms with Crippen LogP contribution in [0, 0.1) is 0 Å². The number of carbonyl (C=O) groups is 4. The average molecular weight is 650 g/mol. The predicted molar refractivity (Wildman–Crippen MR) is 183 cm³/mol. The van der Waals surface area contributed by atoms with E-state index in [2.05, 4.69) is 16.0 Å². The fourth-order valence-corrected chi connectivity index (χ4v) is 5.62. The number of anilines is 2.